The first-order valence-corrected chi connectivity index (χ1v) is 14.8. The van der Waals surface area contributed by atoms with Crippen LogP contribution in [0.3, 0.4) is 0 Å². The minimum atomic E-state index is -1.25. The molecular weight excluding hydrogens is 540 g/mol. The summed E-state index contributed by atoms with van der Waals surface area (Å²) in [6.45, 7) is 5.17. The molecule has 0 bridgehead atoms. The number of rotatable bonds is 7. The van der Waals surface area contributed by atoms with Crippen molar-refractivity contribution in [2.75, 3.05) is 13.2 Å². The number of aliphatic hydroxyl groups is 2. The van der Waals surface area contributed by atoms with E-state index in [1.165, 1.54) is 23.2 Å². The third kappa shape index (κ3) is 5.24. The van der Waals surface area contributed by atoms with E-state index < -0.39 is 43.1 Å². The van der Waals surface area contributed by atoms with Crippen LogP contribution in [0.5, 0.6) is 0 Å². The zero-order valence-electron chi connectivity index (χ0n) is 23.0. The predicted molar refractivity (Wildman–Crippen MR) is 142 cm³/mol. The number of aliphatic hydroxyl groups excluding tert-OH is 2. The highest BCUT2D eigenvalue weighted by molar-refractivity contribution is 7.13. The van der Waals surface area contributed by atoms with E-state index in [0.717, 1.165) is 47.4 Å². The number of carbonyl (C=O) groups excluding carboxylic acids is 4. The number of carbonyl (C=O) groups is 4. The molecule has 40 heavy (non-hydrogen) atoms. The van der Waals surface area contributed by atoms with Gasteiger partial charge in [0.05, 0.1) is 18.1 Å². The molecule has 0 aromatic carbocycles. The van der Waals surface area contributed by atoms with Crippen molar-refractivity contribution in [2.24, 2.45) is 11.8 Å². The normalized spacial score (nSPS) is 26.0. The number of hydrogen-bond acceptors (Lipinski definition) is 10. The number of thiophene rings is 1. The Kier molecular flexibility index (Phi) is 8.21. The van der Waals surface area contributed by atoms with Gasteiger partial charge < -0.3 is 34.2 Å². The summed E-state index contributed by atoms with van der Waals surface area (Å²) < 4.78 is 16.1. The molecule has 5 rings (SSSR count). The van der Waals surface area contributed by atoms with Gasteiger partial charge in [0, 0.05) is 41.3 Å². The van der Waals surface area contributed by atoms with Crippen LogP contribution < -0.4 is 0 Å². The van der Waals surface area contributed by atoms with Crippen molar-refractivity contribution < 1.29 is 43.6 Å². The Hall–Kier alpha value is -2.96. The van der Waals surface area contributed by atoms with E-state index in [-0.39, 0.29) is 29.5 Å². The molecule has 1 aromatic heterocycles. The Morgan fingerprint density at radius 2 is 1.88 bits per heavy atom. The first-order chi connectivity index (χ1) is 19.1. The number of amides is 2. The highest BCUT2D eigenvalue weighted by Crippen LogP contribution is 2.52. The Bertz CT molecular complexity index is 1220. The van der Waals surface area contributed by atoms with Crippen molar-refractivity contribution in [3.8, 4) is 0 Å². The number of nitrogens with zero attached hydrogens (tertiary/aromatic N) is 2. The molecule has 1 unspecified atom stereocenters. The van der Waals surface area contributed by atoms with Gasteiger partial charge in [0.2, 0.25) is 18.1 Å². The van der Waals surface area contributed by atoms with E-state index in [4.69, 9.17) is 14.2 Å². The molecule has 4 heterocycles. The molecule has 1 aromatic rings. The lowest BCUT2D eigenvalue weighted by Crippen LogP contribution is -2.63. The summed E-state index contributed by atoms with van der Waals surface area (Å²) in [7, 11) is 0. The summed E-state index contributed by atoms with van der Waals surface area (Å²) >= 11 is 1.50. The molecule has 12 heteroatoms. The molecule has 218 valence electrons. The van der Waals surface area contributed by atoms with Crippen LogP contribution in [0, 0.1) is 11.8 Å². The van der Waals surface area contributed by atoms with E-state index in [1.807, 2.05) is 13.0 Å². The summed E-state index contributed by atoms with van der Waals surface area (Å²) in [5, 5.41) is 19.6. The van der Waals surface area contributed by atoms with E-state index in [1.54, 1.807) is 11.8 Å². The van der Waals surface area contributed by atoms with Crippen LogP contribution in [-0.2, 0) is 41.6 Å². The summed E-state index contributed by atoms with van der Waals surface area (Å²) in [6, 6.07) is 1.51. The maximum Gasteiger partial charge on any atom is 0.511 e. The second-order valence-corrected chi connectivity index (χ2v) is 12.2. The van der Waals surface area contributed by atoms with Gasteiger partial charge in [-0.3, -0.25) is 9.59 Å². The molecule has 0 radical (unpaired) electrons. The SMILES string of the molecule is CC(OC(=O)OC1CCCCC1)OC(=O)C1=C(c2cc3c(s2)CCN(C(=O)CO)C3)[C@H](C)[C@@H]2[C@@H]([C@@H](C)O)C(=O)N12. The van der Waals surface area contributed by atoms with E-state index in [0.29, 0.717) is 25.1 Å². The zero-order valence-corrected chi connectivity index (χ0v) is 23.8. The molecule has 4 aliphatic rings. The molecular formula is C28H36N2O9S. The van der Waals surface area contributed by atoms with Gasteiger partial charge in [-0.1, -0.05) is 13.3 Å². The minimum Gasteiger partial charge on any atom is -0.431 e. The summed E-state index contributed by atoms with van der Waals surface area (Å²) in [5.74, 6) is -2.44. The molecule has 1 aliphatic carbocycles. The first-order valence-electron chi connectivity index (χ1n) is 13.9. The summed E-state index contributed by atoms with van der Waals surface area (Å²) in [6.07, 6.45) is 2.00. The van der Waals surface area contributed by atoms with E-state index in [2.05, 4.69) is 0 Å². The second kappa shape index (κ2) is 11.5. The quantitative estimate of drug-likeness (QED) is 0.284. The highest BCUT2D eigenvalue weighted by Gasteiger charge is 2.60. The molecule has 2 fully saturated rings. The number of hydrogen-bond donors (Lipinski definition) is 2. The van der Waals surface area contributed by atoms with Gasteiger partial charge in [-0.25, -0.2) is 9.59 Å². The average molecular weight is 577 g/mol. The fourth-order valence-electron chi connectivity index (χ4n) is 6.37. The molecule has 1 saturated heterocycles. The Morgan fingerprint density at radius 3 is 2.55 bits per heavy atom. The molecule has 2 N–H and O–H groups in total. The summed E-state index contributed by atoms with van der Waals surface area (Å²) in [4.78, 5) is 55.8. The smallest absolute Gasteiger partial charge is 0.431 e. The van der Waals surface area contributed by atoms with Gasteiger partial charge in [-0.05, 0) is 50.7 Å². The largest absolute Gasteiger partial charge is 0.511 e. The van der Waals surface area contributed by atoms with Crippen molar-refractivity contribution >= 4 is 40.8 Å². The lowest BCUT2D eigenvalue weighted by Gasteiger charge is -2.46. The second-order valence-electron chi connectivity index (χ2n) is 11.0. The monoisotopic (exact) mass is 576 g/mol. The fraction of sp³-hybridized carbons (Fsp3) is 0.643. The number of ether oxygens (including phenoxy) is 3. The average Bonchev–Trinajstić information content (AvgIpc) is 3.44. The van der Waals surface area contributed by atoms with E-state index in [9.17, 15) is 29.4 Å². The maximum absolute atomic E-state index is 13.5. The van der Waals surface area contributed by atoms with Crippen molar-refractivity contribution in [3.05, 3.63) is 27.1 Å². The van der Waals surface area contributed by atoms with Crippen LogP contribution in [0.15, 0.2) is 11.8 Å². The molecule has 5 atom stereocenters. The van der Waals surface area contributed by atoms with Crippen LogP contribution in [-0.4, -0.2) is 81.6 Å². The van der Waals surface area contributed by atoms with Crippen LogP contribution in [0.2, 0.25) is 0 Å². The molecule has 1 saturated carbocycles. The zero-order chi connectivity index (χ0) is 28.7. The maximum atomic E-state index is 13.5. The van der Waals surface area contributed by atoms with Gasteiger partial charge >= 0.3 is 12.1 Å². The van der Waals surface area contributed by atoms with Crippen LogP contribution in [0.25, 0.3) is 5.57 Å². The van der Waals surface area contributed by atoms with Crippen molar-refractivity contribution in [1.82, 2.24) is 9.80 Å². The predicted octanol–water partition coefficient (Wildman–Crippen LogP) is 2.57. The van der Waals surface area contributed by atoms with Crippen LogP contribution in [0.4, 0.5) is 4.79 Å². The topological polar surface area (TPSA) is 143 Å². The van der Waals surface area contributed by atoms with Crippen molar-refractivity contribution in [3.63, 3.8) is 0 Å². The minimum absolute atomic E-state index is 0.0809. The van der Waals surface area contributed by atoms with Gasteiger partial charge in [0.1, 0.15) is 18.4 Å². The van der Waals surface area contributed by atoms with Gasteiger partial charge in [0.25, 0.3) is 0 Å². The molecule has 2 amide bonds. The van der Waals surface area contributed by atoms with Crippen molar-refractivity contribution in [2.45, 2.75) is 90.4 Å². The standard InChI is InChI=1S/C28H36N2O9S/c1-14-22(20-11-17-12-29(21(33)13-31)10-9-19(17)40-20)25(30-24(14)23(15(2)32)26(30)34)27(35)37-16(3)38-28(36)39-18-7-5-4-6-8-18/h11,14-16,18,23-24,31-32H,4-10,12-13H2,1-3H3/t14-,15+,16?,23+,24+/m0/s1. The number of esters is 1. The third-order valence-corrected chi connectivity index (χ3v) is 9.61. The third-order valence-electron chi connectivity index (χ3n) is 8.34. The molecule has 3 aliphatic heterocycles. The molecule has 11 nitrogen and oxygen atoms in total. The van der Waals surface area contributed by atoms with E-state index >= 15 is 0 Å². The summed E-state index contributed by atoms with van der Waals surface area (Å²) in [5.41, 5.74) is 1.63. The van der Waals surface area contributed by atoms with Crippen LogP contribution in [0.1, 0.15) is 68.2 Å². The van der Waals surface area contributed by atoms with Gasteiger partial charge in [-0.15, -0.1) is 11.3 Å². The Labute approximate surface area is 236 Å². The molecule has 0 spiro atoms. The van der Waals surface area contributed by atoms with Gasteiger partial charge in [0.15, 0.2) is 0 Å². The first kappa shape index (κ1) is 28.6. The van der Waals surface area contributed by atoms with Crippen LogP contribution >= 0.6 is 11.3 Å². The Balaban J connectivity index is 1.38. The van der Waals surface area contributed by atoms with Crippen molar-refractivity contribution in [1.29, 1.82) is 0 Å². The highest BCUT2D eigenvalue weighted by atomic mass is 32.1. The Morgan fingerprint density at radius 1 is 1.15 bits per heavy atom. The fourth-order valence-corrected chi connectivity index (χ4v) is 7.68. The lowest BCUT2D eigenvalue weighted by molar-refractivity contribution is -0.174. The van der Waals surface area contributed by atoms with Gasteiger partial charge in [-0.2, -0.15) is 0 Å². The number of fused-ring (bicyclic) bond motifs is 2. The number of β-lactam (4-membered cyclic amide) rings is 1. The lowest BCUT2D eigenvalue weighted by atomic mass is 9.77.